The molecule has 1 aliphatic rings. The lowest BCUT2D eigenvalue weighted by Gasteiger charge is -2.44. The van der Waals surface area contributed by atoms with Gasteiger partial charge in [0.05, 0.1) is 15.5 Å². The van der Waals surface area contributed by atoms with E-state index in [0.29, 0.717) is 0 Å². The monoisotopic (exact) mass is 528 g/mol. The first-order chi connectivity index (χ1) is 17.3. The summed E-state index contributed by atoms with van der Waals surface area (Å²) in [5, 5.41) is 22.4. The van der Waals surface area contributed by atoms with E-state index < -0.39 is 82.3 Å². The molecule has 0 aliphatic carbocycles. The second kappa shape index (κ2) is 12.5. The molecule has 17 nitrogen and oxygen atoms in total. The summed E-state index contributed by atoms with van der Waals surface area (Å²) in [5.41, 5.74) is 3.65. The number of nitrogens with zero attached hydrogens (tertiary/aromatic N) is 2. The minimum atomic E-state index is -1.56. The maximum Gasteiger partial charge on any atom is 0.348 e. The minimum Gasteiger partial charge on any atom is -0.463 e. The van der Waals surface area contributed by atoms with Gasteiger partial charge in [-0.05, 0) is 6.07 Å². The number of carbonyl (C=O) groups excluding carboxylic acids is 4. The van der Waals surface area contributed by atoms with Gasteiger partial charge in [-0.15, -0.1) is 0 Å². The van der Waals surface area contributed by atoms with Crippen LogP contribution in [0.25, 0.3) is 0 Å². The van der Waals surface area contributed by atoms with Crippen molar-refractivity contribution in [2.75, 3.05) is 12.0 Å². The third-order valence-electron chi connectivity index (χ3n) is 4.74. The molecule has 1 saturated heterocycles. The predicted molar refractivity (Wildman–Crippen MR) is 118 cm³/mol. The van der Waals surface area contributed by atoms with E-state index in [0.717, 1.165) is 45.9 Å². The molecule has 0 bridgehead atoms. The average molecular weight is 528 g/mol. The highest BCUT2D eigenvalue weighted by Crippen LogP contribution is 2.31. The summed E-state index contributed by atoms with van der Waals surface area (Å²) in [5.74, 6) is -3.15. The molecule has 0 saturated carbocycles. The standard InChI is InChI=1S/C20H24N4O13/c1-9(25)33-8-16-18(34-10(2)26)17(19(35-11(3)27)20(37-16)36-12(4)28)22-21-13-5-6-14(23(29)30)15(7-13)24(31)32/h5-7,16-22H,8H2,1-4H3/t16?,17?,18-,19-,20?/m1/s1. The van der Waals surface area contributed by atoms with Crippen LogP contribution >= 0.6 is 0 Å². The fraction of sp³-hybridized carbons (Fsp3) is 0.500. The van der Waals surface area contributed by atoms with E-state index in [1.54, 1.807) is 0 Å². The van der Waals surface area contributed by atoms with E-state index in [-0.39, 0.29) is 5.69 Å². The largest absolute Gasteiger partial charge is 0.463 e. The number of hydrazine groups is 1. The van der Waals surface area contributed by atoms with Crippen molar-refractivity contribution in [3.8, 4) is 0 Å². The molecule has 5 atom stereocenters. The molecule has 1 aliphatic heterocycles. The van der Waals surface area contributed by atoms with E-state index in [9.17, 15) is 39.4 Å². The molecule has 202 valence electrons. The summed E-state index contributed by atoms with van der Waals surface area (Å²) in [4.78, 5) is 67.2. The Morgan fingerprint density at radius 3 is 1.95 bits per heavy atom. The highest BCUT2D eigenvalue weighted by atomic mass is 16.7. The average Bonchev–Trinajstić information content (AvgIpc) is 2.77. The molecular weight excluding hydrogens is 504 g/mol. The van der Waals surface area contributed by atoms with Gasteiger partial charge < -0.3 is 29.1 Å². The number of nitro groups is 2. The summed E-state index contributed by atoms with van der Waals surface area (Å²) >= 11 is 0. The van der Waals surface area contributed by atoms with Gasteiger partial charge in [0.1, 0.15) is 18.8 Å². The molecule has 0 aromatic heterocycles. The number of rotatable bonds is 10. The Bertz CT molecular complexity index is 1080. The second-order valence-corrected chi connectivity index (χ2v) is 7.62. The molecule has 0 spiro atoms. The van der Waals surface area contributed by atoms with Crippen molar-refractivity contribution in [1.29, 1.82) is 0 Å². The molecule has 2 N–H and O–H groups in total. The van der Waals surface area contributed by atoms with Crippen LogP contribution in [0.3, 0.4) is 0 Å². The Morgan fingerprint density at radius 2 is 1.43 bits per heavy atom. The zero-order valence-electron chi connectivity index (χ0n) is 20.0. The molecule has 17 heteroatoms. The minimum absolute atomic E-state index is 0.0347. The van der Waals surface area contributed by atoms with Crippen molar-refractivity contribution in [1.82, 2.24) is 5.43 Å². The number of hydrogen-bond donors (Lipinski definition) is 2. The Hall–Kier alpha value is -4.38. The zero-order chi connectivity index (χ0) is 27.9. The van der Waals surface area contributed by atoms with Crippen molar-refractivity contribution >= 4 is 40.9 Å². The van der Waals surface area contributed by atoms with E-state index in [4.69, 9.17) is 23.7 Å². The normalized spacial score (nSPS) is 22.8. The van der Waals surface area contributed by atoms with Crippen LogP contribution in [-0.4, -0.2) is 71.0 Å². The SMILES string of the molecule is CC(=O)OCC1OC(OC(C)=O)[C@H](OC(C)=O)C(NNc2ccc([N+](=O)[O-])c([N+](=O)[O-])c2)[C@@H]1OC(C)=O. The lowest BCUT2D eigenvalue weighted by Crippen LogP contribution is -2.67. The Kier molecular flexibility index (Phi) is 9.78. The van der Waals surface area contributed by atoms with Gasteiger partial charge in [0.2, 0.25) is 6.29 Å². The van der Waals surface area contributed by atoms with E-state index in [1.165, 1.54) is 0 Å². The van der Waals surface area contributed by atoms with Gasteiger partial charge in [0.15, 0.2) is 12.2 Å². The van der Waals surface area contributed by atoms with Gasteiger partial charge >= 0.3 is 35.3 Å². The topological polar surface area (TPSA) is 225 Å². The summed E-state index contributed by atoms with van der Waals surface area (Å²) in [6, 6.07) is 1.65. The Morgan fingerprint density at radius 1 is 0.865 bits per heavy atom. The third kappa shape index (κ3) is 8.07. The lowest BCUT2D eigenvalue weighted by atomic mass is 9.96. The van der Waals surface area contributed by atoms with Crippen molar-refractivity contribution in [3.63, 3.8) is 0 Å². The molecule has 1 aromatic rings. The fourth-order valence-electron chi connectivity index (χ4n) is 3.40. The molecular formula is C20H24N4O13. The molecule has 0 amide bonds. The maximum atomic E-state index is 11.9. The van der Waals surface area contributed by atoms with Crippen molar-refractivity contribution < 1.29 is 52.7 Å². The van der Waals surface area contributed by atoms with Gasteiger partial charge in [-0.1, -0.05) is 0 Å². The number of ether oxygens (including phenoxy) is 5. The summed E-state index contributed by atoms with van der Waals surface area (Å²) in [6.07, 6.45) is -5.55. The number of anilines is 1. The zero-order valence-corrected chi connectivity index (χ0v) is 20.0. The molecule has 0 radical (unpaired) electrons. The molecule has 1 aromatic carbocycles. The summed E-state index contributed by atoms with van der Waals surface area (Å²) < 4.78 is 26.3. The molecule has 37 heavy (non-hydrogen) atoms. The number of esters is 4. The predicted octanol–water partition coefficient (Wildman–Crippen LogP) is 0.503. The van der Waals surface area contributed by atoms with Gasteiger partial charge in [0.25, 0.3) is 0 Å². The van der Waals surface area contributed by atoms with Gasteiger partial charge in [-0.25, -0.2) is 5.43 Å². The highest BCUT2D eigenvalue weighted by Gasteiger charge is 2.51. The number of benzene rings is 1. The van der Waals surface area contributed by atoms with Crippen LogP contribution in [0.5, 0.6) is 0 Å². The Balaban J connectivity index is 2.48. The quantitative estimate of drug-likeness (QED) is 0.182. The first-order valence-electron chi connectivity index (χ1n) is 10.5. The smallest absolute Gasteiger partial charge is 0.348 e. The van der Waals surface area contributed by atoms with Crippen LogP contribution in [0.2, 0.25) is 0 Å². The van der Waals surface area contributed by atoms with Crippen molar-refractivity contribution in [3.05, 3.63) is 38.4 Å². The lowest BCUT2D eigenvalue weighted by molar-refractivity contribution is -0.422. The Labute approximate surface area is 208 Å². The number of nitro benzene ring substituents is 2. The van der Waals surface area contributed by atoms with Crippen LogP contribution in [0.4, 0.5) is 17.1 Å². The molecule has 2 rings (SSSR count). The summed E-state index contributed by atoms with van der Waals surface area (Å²) in [6.45, 7) is 3.85. The van der Waals surface area contributed by atoms with E-state index in [2.05, 4.69) is 10.9 Å². The number of carbonyl (C=O) groups is 4. The first-order valence-corrected chi connectivity index (χ1v) is 10.5. The highest BCUT2D eigenvalue weighted by molar-refractivity contribution is 5.68. The van der Waals surface area contributed by atoms with Gasteiger partial charge in [-0.3, -0.25) is 39.4 Å². The van der Waals surface area contributed by atoms with Crippen LogP contribution in [0.15, 0.2) is 18.2 Å². The van der Waals surface area contributed by atoms with E-state index in [1.807, 2.05) is 0 Å². The number of hydrogen-bond acceptors (Lipinski definition) is 15. The number of nitrogens with one attached hydrogen (secondary N) is 2. The van der Waals surface area contributed by atoms with Crippen LogP contribution < -0.4 is 10.9 Å². The van der Waals surface area contributed by atoms with Crippen LogP contribution in [-0.2, 0) is 42.9 Å². The van der Waals surface area contributed by atoms with Gasteiger partial charge in [-0.2, -0.15) is 0 Å². The second-order valence-electron chi connectivity index (χ2n) is 7.62. The molecule has 3 unspecified atom stereocenters. The molecule has 1 fully saturated rings. The fourth-order valence-corrected chi connectivity index (χ4v) is 3.40. The maximum absolute atomic E-state index is 11.9. The van der Waals surface area contributed by atoms with Crippen molar-refractivity contribution in [2.45, 2.75) is 58.3 Å². The molecule has 1 heterocycles. The van der Waals surface area contributed by atoms with E-state index >= 15 is 0 Å². The third-order valence-corrected chi connectivity index (χ3v) is 4.74. The van der Waals surface area contributed by atoms with Crippen LogP contribution in [0, 0.1) is 20.2 Å². The summed E-state index contributed by atoms with van der Waals surface area (Å²) in [7, 11) is 0. The van der Waals surface area contributed by atoms with Crippen molar-refractivity contribution in [2.24, 2.45) is 0 Å². The van der Waals surface area contributed by atoms with Crippen LogP contribution in [0.1, 0.15) is 27.7 Å². The van der Waals surface area contributed by atoms with Gasteiger partial charge in [0, 0.05) is 39.8 Å². The first kappa shape index (κ1) is 28.9.